The quantitative estimate of drug-likeness (QED) is 0.709. The molecule has 1 heterocycles. The molecule has 1 fully saturated rings. The predicted molar refractivity (Wildman–Crippen MR) is 109 cm³/mol. The summed E-state index contributed by atoms with van der Waals surface area (Å²) in [6.07, 6.45) is 4.54. The van der Waals surface area contributed by atoms with E-state index < -0.39 is 18.2 Å². The largest absolute Gasteiger partial charge is 0.479 e. The van der Waals surface area contributed by atoms with Gasteiger partial charge in [-0.15, -0.1) is 0 Å². The van der Waals surface area contributed by atoms with Gasteiger partial charge in [-0.2, -0.15) is 0 Å². The normalized spacial score (nSPS) is 20.4. The molecule has 1 saturated carbocycles. The lowest BCUT2D eigenvalue weighted by Gasteiger charge is -2.32. The molecule has 3 rings (SSSR count). The van der Waals surface area contributed by atoms with E-state index in [1.54, 1.807) is 30.9 Å². The maximum Gasteiger partial charge on any atom is 0.308 e. The number of esters is 1. The third-order valence-corrected chi connectivity index (χ3v) is 5.58. The second kappa shape index (κ2) is 9.76. The average Bonchev–Trinajstić information content (AvgIpc) is 2.73. The molecule has 158 valence electrons. The lowest BCUT2D eigenvalue weighted by Crippen LogP contribution is -2.45. The van der Waals surface area contributed by atoms with Crippen molar-refractivity contribution in [1.82, 2.24) is 5.32 Å². The molecular weight excluding hydrogens is 372 g/mol. The second-order valence-electron chi connectivity index (χ2n) is 7.85. The van der Waals surface area contributed by atoms with E-state index in [0.29, 0.717) is 23.9 Å². The van der Waals surface area contributed by atoms with Crippen molar-refractivity contribution in [3.63, 3.8) is 0 Å². The van der Waals surface area contributed by atoms with Crippen molar-refractivity contribution in [2.75, 3.05) is 18.0 Å². The predicted octanol–water partition coefficient (Wildman–Crippen LogP) is 2.82. The summed E-state index contributed by atoms with van der Waals surface area (Å²) in [5.74, 6) is 0.156. The fraction of sp³-hybridized carbons (Fsp3) is 0.591. The number of ether oxygens (including phenoxy) is 2. The van der Waals surface area contributed by atoms with Crippen LogP contribution in [0.5, 0.6) is 5.75 Å². The number of hydrogen-bond donors (Lipinski definition) is 1. The molecule has 0 aromatic heterocycles. The molecule has 0 saturated heterocycles. The smallest absolute Gasteiger partial charge is 0.308 e. The highest BCUT2D eigenvalue weighted by Crippen LogP contribution is 2.33. The molecule has 1 N–H and O–H groups in total. The molecular formula is C22H30N2O5. The highest BCUT2D eigenvalue weighted by atomic mass is 16.5. The van der Waals surface area contributed by atoms with E-state index in [0.717, 1.165) is 12.8 Å². The first kappa shape index (κ1) is 21.1. The van der Waals surface area contributed by atoms with E-state index in [4.69, 9.17) is 9.47 Å². The van der Waals surface area contributed by atoms with Crippen LogP contribution in [0.4, 0.5) is 5.69 Å². The van der Waals surface area contributed by atoms with Gasteiger partial charge in [-0.1, -0.05) is 31.4 Å². The minimum atomic E-state index is -0.849. The summed E-state index contributed by atoms with van der Waals surface area (Å²) >= 11 is 0. The number of nitrogens with one attached hydrogen (secondary N) is 1. The number of fused-ring (bicyclic) bond motifs is 1. The number of carbonyl (C=O) groups excluding carboxylic acids is 3. The molecule has 29 heavy (non-hydrogen) atoms. The number of nitrogens with zero attached hydrogens (tertiary/aromatic N) is 1. The fourth-order valence-corrected chi connectivity index (χ4v) is 3.88. The Morgan fingerprint density at radius 3 is 2.72 bits per heavy atom. The molecule has 2 aliphatic rings. The highest BCUT2D eigenvalue weighted by Gasteiger charge is 2.31. The van der Waals surface area contributed by atoms with Crippen molar-refractivity contribution in [1.29, 1.82) is 0 Å². The summed E-state index contributed by atoms with van der Waals surface area (Å²) in [5, 5.41) is 2.89. The number of para-hydroxylation sites is 2. The van der Waals surface area contributed by atoms with Crippen LogP contribution in [0.15, 0.2) is 24.3 Å². The van der Waals surface area contributed by atoms with Gasteiger partial charge in [0.2, 0.25) is 0 Å². The standard InChI is InChI=1S/C22H30N2O5/c1-15(21(26)23-14-17-8-4-3-5-9-17)29-20(25)12-13-24-18-10-6-7-11-19(18)28-16(2)22(24)27/h6-7,10-11,15-17H,3-5,8-9,12-14H2,1-2H3,(H,23,26)/t15-,16-/m1/s1. The van der Waals surface area contributed by atoms with Gasteiger partial charge < -0.3 is 19.7 Å². The average molecular weight is 402 g/mol. The van der Waals surface area contributed by atoms with Crippen LogP contribution in [0, 0.1) is 5.92 Å². The number of benzene rings is 1. The molecule has 0 unspecified atom stereocenters. The summed E-state index contributed by atoms with van der Waals surface area (Å²) in [4.78, 5) is 38.4. The number of hydrogen-bond acceptors (Lipinski definition) is 5. The van der Waals surface area contributed by atoms with Gasteiger partial charge in [0.05, 0.1) is 12.1 Å². The molecule has 1 aliphatic carbocycles. The summed E-state index contributed by atoms with van der Waals surface area (Å²) < 4.78 is 10.9. The summed E-state index contributed by atoms with van der Waals surface area (Å²) in [7, 11) is 0. The van der Waals surface area contributed by atoms with Gasteiger partial charge in [-0.3, -0.25) is 14.4 Å². The van der Waals surface area contributed by atoms with E-state index in [1.165, 1.54) is 19.3 Å². The molecule has 2 amide bonds. The fourth-order valence-electron chi connectivity index (χ4n) is 3.88. The first-order chi connectivity index (χ1) is 14.0. The molecule has 1 aromatic carbocycles. The van der Waals surface area contributed by atoms with Gasteiger partial charge in [0.15, 0.2) is 12.2 Å². The zero-order chi connectivity index (χ0) is 20.8. The minimum Gasteiger partial charge on any atom is -0.479 e. The van der Waals surface area contributed by atoms with Crippen molar-refractivity contribution < 1.29 is 23.9 Å². The van der Waals surface area contributed by atoms with Crippen molar-refractivity contribution in [3.05, 3.63) is 24.3 Å². The zero-order valence-electron chi connectivity index (χ0n) is 17.2. The maximum absolute atomic E-state index is 12.5. The van der Waals surface area contributed by atoms with E-state index >= 15 is 0 Å². The Labute approximate surface area is 171 Å². The van der Waals surface area contributed by atoms with Crippen LogP contribution in [-0.4, -0.2) is 43.1 Å². The molecule has 1 aliphatic heterocycles. The van der Waals surface area contributed by atoms with Crippen LogP contribution < -0.4 is 15.0 Å². The Morgan fingerprint density at radius 1 is 1.24 bits per heavy atom. The van der Waals surface area contributed by atoms with Crippen LogP contribution in [0.1, 0.15) is 52.4 Å². The van der Waals surface area contributed by atoms with Crippen molar-refractivity contribution >= 4 is 23.5 Å². The molecule has 2 atom stereocenters. The lowest BCUT2D eigenvalue weighted by atomic mass is 9.89. The third kappa shape index (κ3) is 5.49. The van der Waals surface area contributed by atoms with E-state index in [9.17, 15) is 14.4 Å². The van der Waals surface area contributed by atoms with Crippen molar-refractivity contribution in [3.8, 4) is 5.75 Å². The molecule has 7 nitrogen and oxygen atoms in total. The number of anilines is 1. The van der Waals surface area contributed by atoms with Crippen LogP contribution in [0.25, 0.3) is 0 Å². The maximum atomic E-state index is 12.5. The Hall–Kier alpha value is -2.57. The van der Waals surface area contributed by atoms with Crippen LogP contribution in [0.3, 0.4) is 0 Å². The van der Waals surface area contributed by atoms with Crippen molar-refractivity contribution in [2.45, 2.75) is 64.6 Å². The Balaban J connectivity index is 1.46. The number of rotatable bonds is 7. The van der Waals surface area contributed by atoms with Gasteiger partial charge >= 0.3 is 5.97 Å². The summed E-state index contributed by atoms with van der Waals surface area (Å²) in [5.41, 5.74) is 0.640. The first-order valence-electron chi connectivity index (χ1n) is 10.5. The first-order valence-corrected chi connectivity index (χ1v) is 10.5. The number of amides is 2. The SMILES string of the molecule is C[C@@H](OC(=O)CCN1C(=O)[C@@H](C)Oc2ccccc21)C(=O)NCC1CCCCC1. The van der Waals surface area contributed by atoms with E-state index in [-0.39, 0.29) is 24.8 Å². The summed E-state index contributed by atoms with van der Waals surface area (Å²) in [6.45, 7) is 4.07. The van der Waals surface area contributed by atoms with Crippen LogP contribution in [-0.2, 0) is 19.1 Å². The van der Waals surface area contributed by atoms with Crippen LogP contribution >= 0.6 is 0 Å². The Kier molecular flexibility index (Phi) is 7.12. The van der Waals surface area contributed by atoms with E-state index in [1.807, 2.05) is 12.1 Å². The molecule has 1 aromatic rings. The Morgan fingerprint density at radius 2 is 1.97 bits per heavy atom. The monoisotopic (exact) mass is 402 g/mol. The molecule has 0 spiro atoms. The highest BCUT2D eigenvalue weighted by molar-refractivity contribution is 6.00. The van der Waals surface area contributed by atoms with Gasteiger partial charge in [0.1, 0.15) is 5.75 Å². The van der Waals surface area contributed by atoms with Gasteiger partial charge in [-0.25, -0.2) is 0 Å². The summed E-state index contributed by atoms with van der Waals surface area (Å²) in [6, 6.07) is 7.23. The van der Waals surface area contributed by atoms with Gasteiger partial charge in [0.25, 0.3) is 11.8 Å². The molecule has 0 radical (unpaired) electrons. The van der Waals surface area contributed by atoms with Crippen molar-refractivity contribution in [2.24, 2.45) is 5.92 Å². The van der Waals surface area contributed by atoms with Crippen LogP contribution in [0.2, 0.25) is 0 Å². The van der Waals surface area contributed by atoms with Gasteiger partial charge in [0, 0.05) is 13.1 Å². The molecule has 7 heteroatoms. The van der Waals surface area contributed by atoms with E-state index in [2.05, 4.69) is 5.32 Å². The number of carbonyl (C=O) groups is 3. The molecule has 0 bridgehead atoms. The topological polar surface area (TPSA) is 84.9 Å². The second-order valence-corrected chi connectivity index (χ2v) is 7.85. The van der Waals surface area contributed by atoms with Gasteiger partial charge in [-0.05, 0) is 44.7 Å². The minimum absolute atomic E-state index is 0.00698. The lowest BCUT2D eigenvalue weighted by molar-refractivity contribution is -0.154. The Bertz CT molecular complexity index is 744. The third-order valence-electron chi connectivity index (χ3n) is 5.58. The zero-order valence-corrected chi connectivity index (χ0v) is 17.2.